The summed E-state index contributed by atoms with van der Waals surface area (Å²) in [5, 5.41) is 14.7. The third kappa shape index (κ3) is 5.01. The van der Waals surface area contributed by atoms with Crippen molar-refractivity contribution in [2.45, 2.75) is 37.8 Å². The van der Waals surface area contributed by atoms with Gasteiger partial charge in [0.25, 0.3) is 0 Å². The minimum atomic E-state index is -0.999. The number of rotatable bonds is 8. The van der Waals surface area contributed by atoms with Crippen LogP contribution in [-0.4, -0.2) is 55.0 Å². The van der Waals surface area contributed by atoms with Crippen LogP contribution in [0.1, 0.15) is 36.8 Å². The van der Waals surface area contributed by atoms with E-state index in [2.05, 4.69) is 34.9 Å². The van der Waals surface area contributed by atoms with E-state index in [1.807, 2.05) is 31.2 Å². The molecule has 2 aromatic carbocycles. The predicted molar refractivity (Wildman–Crippen MR) is 121 cm³/mol. The number of carbonyl (C=O) groups excluding carboxylic acids is 2. The molecule has 0 bridgehead atoms. The lowest BCUT2D eigenvalue weighted by atomic mass is 9.98. The average molecular weight is 453 g/mol. The number of hydrogen-bond acceptors (Lipinski definition) is 5. The van der Waals surface area contributed by atoms with E-state index in [0.29, 0.717) is 6.42 Å². The quantitative estimate of drug-likeness (QED) is 0.568. The maximum absolute atomic E-state index is 12.5. The molecule has 1 saturated heterocycles. The predicted octanol–water partition coefficient (Wildman–Crippen LogP) is 2.91. The monoisotopic (exact) mass is 452 g/mol. The highest BCUT2D eigenvalue weighted by Gasteiger charge is 2.35. The number of aliphatic carboxylic acids is 1. The van der Waals surface area contributed by atoms with Gasteiger partial charge >= 0.3 is 12.1 Å². The second-order valence-electron chi connectivity index (χ2n) is 8.44. The molecule has 0 spiro atoms. The maximum atomic E-state index is 12.5. The number of carboxylic acids is 1. The zero-order valence-corrected chi connectivity index (χ0v) is 18.5. The highest BCUT2D eigenvalue weighted by atomic mass is 16.5. The average Bonchev–Trinajstić information content (AvgIpc) is 3.40. The molecule has 1 aliphatic carbocycles. The van der Waals surface area contributed by atoms with Gasteiger partial charge in [0.15, 0.2) is 0 Å². The molecule has 1 fully saturated rings. The molecular formula is C25H28N2O6. The highest BCUT2D eigenvalue weighted by Crippen LogP contribution is 2.44. The summed E-state index contributed by atoms with van der Waals surface area (Å²) >= 11 is 0. The number of carbonyl (C=O) groups is 3. The standard InChI is InChI=1S/C25H28N2O6/c1-2-15(11-23(28)27-22-14-32-12-21(22)24(29)30)26-25(31)33-13-20-18-9-5-3-7-16(18)17-8-4-6-10-19(17)20/h3-10,15,20-22H,2,11-14H2,1H3,(H,26,31)(H,27,28)(H,29,30). The Morgan fingerprint density at radius 3 is 2.30 bits per heavy atom. The summed E-state index contributed by atoms with van der Waals surface area (Å²) in [5.41, 5.74) is 4.57. The molecule has 3 unspecified atom stereocenters. The normalized spacial score (nSPS) is 19.9. The minimum Gasteiger partial charge on any atom is -0.481 e. The Bertz CT molecular complexity index is 994. The Balaban J connectivity index is 1.31. The van der Waals surface area contributed by atoms with Crippen molar-refractivity contribution in [1.29, 1.82) is 0 Å². The lowest BCUT2D eigenvalue weighted by molar-refractivity contribution is -0.142. The van der Waals surface area contributed by atoms with Crippen LogP contribution in [0.15, 0.2) is 48.5 Å². The molecule has 2 aromatic rings. The van der Waals surface area contributed by atoms with Gasteiger partial charge in [0.1, 0.15) is 12.5 Å². The summed E-state index contributed by atoms with van der Waals surface area (Å²) in [6.45, 7) is 2.30. The number of fused-ring (bicyclic) bond motifs is 3. The van der Waals surface area contributed by atoms with Crippen LogP contribution in [0.5, 0.6) is 0 Å². The van der Waals surface area contributed by atoms with Gasteiger partial charge in [0.2, 0.25) is 5.91 Å². The third-order valence-electron chi connectivity index (χ3n) is 6.33. The molecule has 1 aliphatic heterocycles. The Hall–Kier alpha value is -3.39. The number of benzene rings is 2. The van der Waals surface area contributed by atoms with Crippen LogP contribution < -0.4 is 10.6 Å². The molecular weight excluding hydrogens is 424 g/mol. The maximum Gasteiger partial charge on any atom is 0.407 e. The fraction of sp³-hybridized carbons (Fsp3) is 0.400. The van der Waals surface area contributed by atoms with Crippen LogP contribution >= 0.6 is 0 Å². The summed E-state index contributed by atoms with van der Waals surface area (Å²) in [4.78, 5) is 36.2. The van der Waals surface area contributed by atoms with E-state index >= 15 is 0 Å². The molecule has 2 aliphatic rings. The largest absolute Gasteiger partial charge is 0.481 e. The van der Waals surface area contributed by atoms with Crippen molar-refractivity contribution in [1.82, 2.24) is 10.6 Å². The van der Waals surface area contributed by atoms with Gasteiger partial charge in [-0.15, -0.1) is 0 Å². The summed E-state index contributed by atoms with van der Waals surface area (Å²) in [7, 11) is 0. The van der Waals surface area contributed by atoms with E-state index in [1.54, 1.807) is 0 Å². The van der Waals surface area contributed by atoms with Gasteiger partial charge in [0, 0.05) is 18.4 Å². The molecule has 0 aromatic heterocycles. The topological polar surface area (TPSA) is 114 Å². The first kappa shape index (κ1) is 22.8. The fourth-order valence-corrected chi connectivity index (χ4v) is 4.53. The number of alkyl carbamates (subject to hydrolysis) is 1. The van der Waals surface area contributed by atoms with Gasteiger partial charge in [-0.05, 0) is 28.7 Å². The Kier molecular flexibility index (Phi) is 6.93. The number of amides is 2. The van der Waals surface area contributed by atoms with E-state index in [1.165, 1.54) is 0 Å². The van der Waals surface area contributed by atoms with Crippen molar-refractivity contribution < 1.29 is 29.0 Å². The van der Waals surface area contributed by atoms with Gasteiger partial charge in [-0.3, -0.25) is 9.59 Å². The first-order valence-electron chi connectivity index (χ1n) is 11.2. The van der Waals surface area contributed by atoms with Crippen LogP contribution in [0.3, 0.4) is 0 Å². The Labute approximate surface area is 192 Å². The fourth-order valence-electron chi connectivity index (χ4n) is 4.53. The summed E-state index contributed by atoms with van der Waals surface area (Å²) in [6.07, 6.45) is -0.0193. The molecule has 4 rings (SSSR count). The van der Waals surface area contributed by atoms with Crippen molar-refractivity contribution in [3.8, 4) is 11.1 Å². The molecule has 2 amide bonds. The summed E-state index contributed by atoms with van der Waals surface area (Å²) < 4.78 is 10.7. The number of ether oxygens (including phenoxy) is 2. The van der Waals surface area contributed by atoms with Crippen LogP contribution in [0.4, 0.5) is 4.79 Å². The van der Waals surface area contributed by atoms with Crippen molar-refractivity contribution in [2.24, 2.45) is 5.92 Å². The molecule has 33 heavy (non-hydrogen) atoms. The van der Waals surface area contributed by atoms with Crippen LogP contribution in [-0.2, 0) is 19.1 Å². The minimum absolute atomic E-state index is 0.0313. The van der Waals surface area contributed by atoms with Gasteiger partial charge in [-0.1, -0.05) is 55.5 Å². The molecule has 3 N–H and O–H groups in total. The number of hydrogen-bond donors (Lipinski definition) is 3. The third-order valence-corrected chi connectivity index (χ3v) is 6.33. The number of carboxylic acid groups (broad SMARTS) is 1. The lowest BCUT2D eigenvalue weighted by Crippen LogP contribution is -2.45. The second-order valence-corrected chi connectivity index (χ2v) is 8.44. The second kappa shape index (κ2) is 10.0. The van der Waals surface area contributed by atoms with E-state index < -0.39 is 30.1 Å². The summed E-state index contributed by atoms with van der Waals surface area (Å²) in [6, 6.07) is 15.2. The van der Waals surface area contributed by atoms with Gasteiger partial charge in [-0.2, -0.15) is 0 Å². The zero-order chi connectivity index (χ0) is 23.4. The Morgan fingerprint density at radius 1 is 1.06 bits per heavy atom. The molecule has 174 valence electrons. The lowest BCUT2D eigenvalue weighted by Gasteiger charge is -2.20. The highest BCUT2D eigenvalue weighted by molar-refractivity contribution is 5.80. The van der Waals surface area contributed by atoms with Gasteiger partial charge < -0.3 is 25.2 Å². The van der Waals surface area contributed by atoms with E-state index in [9.17, 15) is 19.5 Å². The van der Waals surface area contributed by atoms with Crippen molar-refractivity contribution in [3.05, 3.63) is 59.7 Å². The zero-order valence-electron chi connectivity index (χ0n) is 18.5. The van der Waals surface area contributed by atoms with Crippen molar-refractivity contribution in [2.75, 3.05) is 19.8 Å². The van der Waals surface area contributed by atoms with Gasteiger partial charge in [-0.25, -0.2) is 4.79 Å². The van der Waals surface area contributed by atoms with Crippen molar-refractivity contribution in [3.63, 3.8) is 0 Å². The number of nitrogens with one attached hydrogen (secondary N) is 2. The first-order valence-corrected chi connectivity index (χ1v) is 11.2. The molecule has 8 heteroatoms. The molecule has 3 atom stereocenters. The van der Waals surface area contributed by atoms with Gasteiger partial charge in [0.05, 0.1) is 19.3 Å². The Morgan fingerprint density at radius 2 is 1.70 bits per heavy atom. The smallest absolute Gasteiger partial charge is 0.407 e. The van der Waals surface area contributed by atoms with Crippen LogP contribution in [0, 0.1) is 5.92 Å². The molecule has 0 radical (unpaired) electrons. The van der Waals surface area contributed by atoms with Crippen LogP contribution in [0.2, 0.25) is 0 Å². The van der Waals surface area contributed by atoms with E-state index in [-0.39, 0.29) is 38.1 Å². The molecule has 0 saturated carbocycles. The first-order chi connectivity index (χ1) is 16.0. The molecule has 8 nitrogen and oxygen atoms in total. The summed E-state index contributed by atoms with van der Waals surface area (Å²) in [5.74, 6) is -2.13. The van der Waals surface area contributed by atoms with E-state index in [0.717, 1.165) is 22.3 Å². The van der Waals surface area contributed by atoms with Crippen molar-refractivity contribution >= 4 is 18.0 Å². The van der Waals surface area contributed by atoms with Crippen LogP contribution in [0.25, 0.3) is 11.1 Å². The van der Waals surface area contributed by atoms with E-state index in [4.69, 9.17) is 9.47 Å². The SMILES string of the molecule is CCC(CC(=O)NC1COCC1C(=O)O)NC(=O)OCC1c2ccccc2-c2ccccc21. The molecule has 1 heterocycles.